The molecule has 0 radical (unpaired) electrons. The Labute approximate surface area is 274 Å². The number of esters is 2. The lowest BCUT2D eigenvalue weighted by Crippen LogP contribution is -2.29. The van der Waals surface area contributed by atoms with Gasteiger partial charge in [-0.05, 0) is 51.4 Å². The van der Waals surface area contributed by atoms with Gasteiger partial charge in [-0.15, -0.1) is 0 Å². The second-order valence-corrected chi connectivity index (χ2v) is 12.7. The first kappa shape index (κ1) is 43.0. The Morgan fingerprint density at radius 2 is 1.02 bits per heavy atom. The number of ether oxygens (including phenoxy) is 2. The number of rotatable bonds is 31. The summed E-state index contributed by atoms with van der Waals surface area (Å²) in [5, 5.41) is 0. The zero-order chi connectivity index (χ0) is 33.3. The number of hydrogen-bond donors (Lipinski definition) is 2. The Kier molecular flexibility index (Phi) is 30.6. The van der Waals surface area contributed by atoms with Crippen LogP contribution in [-0.2, 0) is 28.2 Å². The van der Waals surface area contributed by atoms with E-state index < -0.39 is 32.5 Å². The van der Waals surface area contributed by atoms with E-state index in [0.717, 1.165) is 44.9 Å². The fourth-order valence-corrected chi connectivity index (χ4v) is 4.84. The van der Waals surface area contributed by atoms with Crippen LogP contribution in [0.2, 0.25) is 0 Å². The molecule has 0 spiro atoms. The first-order valence-corrected chi connectivity index (χ1v) is 19.0. The molecular weight excluding hydrogens is 591 g/mol. The summed E-state index contributed by atoms with van der Waals surface area (Å²) in [5.74, 6) is -0.955. The summed E-state index contributed by atoms with van der Waals surface area (Å²) >= 11 is 0. The highest BCUT2D eigenvalue weighted by Crippen LogP contribution is 2.35. The molecule has 0 saturated heterocycles. The van der Waals surface area contributed by atoms with Crippen molar-refractivity contribution in [3.8, 4) is 0 Å². The van der Waals surface area contributed by atoms with Crippen LogP contribution in [0.25, 0.3) is 0 Å². The second-order valence-electron chi connectivity index (χ2n) is 11.5. The topological polar surface area (TPSA) is 119 Å². The molecule has 0 aliphatic heterocycles. The predicted octanol–water partition coefficient (Wildman–Crippen LogP) is 10.0. The van der Waals surface area contributed by atoms with E-state index in [2.05, 4.69) is 60.9 Å². The van der Waals surface area contributed by atoms with Crippen molar-refractivity contribution in [2.75, 3.05) is 13.2 Å². The van der Waals surface area contributed by atoms with E-state index in [-0.39, 0.29) is 19.4 Å². The lowest BCUT2D eigenvalue weighted by molar-refractivity contribution is -0.161. The third kappa shape index (κ3) is 34.7. The van der Waals surface area contributed by atoms with Gasteiger partial charge in [-0.1, -0.05) is 133 Å². The van der Waals surface area contributed by atoms with Crippen LogP contribution in [0.5, 0.6) is 0 Å². The van der Waals surface area contributed by atoms with Gasteiger partial charge in [0.15, 0.2) is 6.10 Å². The Morgan fingerprint density at radius 3 is 1.56 bits per heavy atom. The van der Waals surface area contributed by atoms with Crippen molar-refractivity contribution in [2.24, 2.45) is 0 Å². The number of hydrogen-bond acceptors (Lipinski definition) is 6. The largest absolute Gasteiger partial charge is 0.469 e. The van der Waals surface area contributed by atoms with Gasteiger partial charge in [-0.3, -0.25) is 14.1 Å². The fraction of sp³-hybridized carbons (Fsp3) is 0.722. The summed E-state index contributed by atoms with van der Waals surface area (Å²) in [7, 11) is -4.75. The molecule has 0 aromatic carbocycles. The summed E-state index contributed by atoms with van der Waals surface area (Å²) in [5.41, 5.74) is 0. The molecule has 8 nitrogen and oxygen atoms in total. The molecule has 0 rings (SSSR count). The monoisotopic (exact) mass is 654 g/mol. The summed E-state index contributed by atoms with van der Waals surface area (Å²) < 4.78 is 26.1. The Hall–Kier alpha value is -1.99. The molecule has 0 bridgehead atoms. The molecule has 45 heavy (non-hydrogen) atoms. The maximum Gasteiger partial charge on any atom is 0.469 e. The third-order valence-electron chi connectivity index (χ3n) is 7.10. The third-order valence-corrected chi connectivity index (χ3v) is 7.59. The number of unbranched alkanes of at least 4 members (excludes halogenated alkanes) is 13. The Bertz CT molecular complexity index is 874. The summed E-state index contributed by atoms with van der Waals surface area (Å²) in [6.07, 6.45) is 37.0. The molecule has 0 aliphatic carbocycles. The number of phosphoric acid groups is 1. The van der Waals surface area contributed by atoms with E-state index in [1.165, 1.54) is 64.2 Å². The highest BCUT2D eigenvalue weighted by atomic mass is 31.2. The SMILES string of the molecule is CCCCC/C=C/C/C=C/C/C=C/C/C=C/CCCC(=O)OC[C@H](COP(=O)(O)O)OC(=O)CCCCCCCCCCCC. The first-order chi connectivity index (χ1) is 21.8. The fourth-order valence-electron chi connectivity index (χ4n) is 4.48. The first-order valence-electron chi connectivity index (χ1n) is 17.4. The zero-order valence-electron chi connectivity index (χ0n) is 28.3. The van der Waals surface area contributed by atoms with Gasteiger partial charge in [0.05, 0.1) is 6.61 Å². The molecule has 9 heteroatoms. The molecule has 260 valence electrons. The molecule has 0 heterocycles. The Morgan fingerprint density at radius 1 is 0.578 bits per heavy atom. The molecule has 0 amide bonds. The normalized spacial score (nSPS) is 13.1. The van der Waals surface area contributed by atoms with Crippen molar-refractivity contribution in [1.82, 2.24) is 0 Å². The van der Waals surface area contributed by atoms with Crippen LogP contribution in [-0.4, -0.2) is 41.0 Å². The van der Waals surface area contributed by atoms with Crippen LogP contribution in [0.15, 0.2) is 48.6 Å². The molecule has 0 saturated carbocycles. The van der Waals surface area contributed by atoms with Crippen molar-refractivity contribution >= 4 is 19.8 Å². The number of carbonyl (C=O) groups is 2. The van der Waals surface area contributed by atoms with E-state index in [0.29, 0.717) is 12.8 Å². The average Bonchev–Trinajstić information content (AvgIpc) is 3.00. The lowest BCUT2D eigenvalue weighted by atomic mass is 10.1. The van der Waals surface area contributed by atoms with Crippen LogP contribution in [0, 0.1) is 0 Å². The molecule has 1 atom stereocenters. The summed E-state index contributed by atoms with van der Waals surface area (Å²) in [6.45, 7) is 3.56. The summed E-state index contributed by atoms with van der Waals surface area (Å²) in [6, 6.07) is 0. The van der Waals surface area contributed by atoms with E-state index in [1.54, 1.807) is 0 Å². The molecule has 0 aliphatic rings. The van der Waals surface area contributed by atoms with Gasteiger partial charge >= 0.3 is 19.8 Å². The van der Waals surface area contributed by atoms with Gasteiger partial charge in [0.25, 0.3) is 0 Å². The van der Waals surface area contributed by atoms with E-state index in [4.69, 9.17) is 19.3 Å². The Balaban J connectivity index is 4.10. The van der Waals surface area contributed by atoms with Gasteiger partial charge in [0.1, 0.15) is 6.61 Å². The number of allylic oxidation sites excluding steroid dienone is 8. The van der Waals surface area contributed by atoms with E-state index in [1.807, 2.05) is 6.08 Å². The minimum absolute atomic E-state index is 0.191. The maximum atomic E-state index is 12.3. The van der Waals surface area contributed by atoms with Crippen LogP contribution in [0.4, 0.5) is 0 Å². The minimum Gasteiger partial charge on any atom is -0.462 e. The smallest absolute Gasteiger partial charge is 0.462 e. The standard InChI is InChI=1S/C36H63O8P/c1-3-5-7-9-11-13-15-16-17-18-19-20-21-23-24-26-28-30-35(37)42-32-34(33-43-45(39,40)41)44-36(38)31-29-27-25-22-14-12-10-8-6-4-2/h11,13,16-17,19-20,23-24,34H,3-10,12,14-15,18,21-22,25-33H2,1-2H3,(H2,39,40,41)/b13-11+,17-16+,20-19+,24-23+/t34-/m1/s1. The quantitative estimate of drug-likeness (QED) is 0.0328. The lowest BCUT2D eigenvalue weighted by Gasteiger charge is -2.18. The van der Waals surface area contributed by atoms with E-state index >= 15 is 0 Å². The van der Waals surface area contributed by atoms with Crippen LogP contribution in [0.3, 0.4) is 0 Å². The highest BCUT2D eigenvalue weighted by molar-refractivity contribution is 7.46. The van der Waals surface area contributed by atoms with Crippen molar-refractivity contribution in [2.45, 2.75) is 155 Å². The summed E-state index contributed by atoms with van der Waals surface area (Å²) in [4.78, 5) is 42.5. The molecule has 0 aromatic rings. The predicted molar refractivity (Wildman–Crippen MR) is 184 cm³/mol. The molecule has 0 unspecified atom stereocenters. The van der Waals surface area contributed by atoms with Crippen molar-refractivity contribution in [1.29, 1.82) is 0 Å². The van der Waals surface area contributed by atoms with Gasteiger partial charge in [-0.2, -0.15) is 0 Å². The van der Waals surface area contributed by atoms with Gasteiger partial charge in [-0.25, -0.2) is 4.57 Å². The number of carbonyl (C=O) groups excluding carboxylic acids is 2. The van der Waals surface area contributed by atoms with Gasteiger partial charge < -0.3 is 19.3 Å². The number of phosphoric ester groups is 1. The second kappa shape index (κ2) is 32.0. The zero-order valence-corrected chi connectivity index (χ0v) is 29.1. The van der Waals surface area contributed by atoms with Crippen molar-refractivity contribution in [3.63, 3.8) is 0 Å². The van der Waals surface area contributed by atoms with Crippen LogP contribution in [0.1, 0.15) is 149 Å². The van der Waals surface area contributed by atoms with Gasteiger partial charge in [0, 0.05) is 12.8 Å². The molecule has 2 N–H and O–H groups in total. The van der Waals surface area contributed by atoms with Gasteiger partial charge in [0.2, 0.25) is 0 Å². The van der Waals surface area contributed by atoms with Crippen LogP contribution >= 0.6 is 7.82 Å². The minimum atomic E-state index is -4.75. The van der Waals surface area contributed by atoms with Crippen LogP contribution < -0.4 is 0 Å². The maximum absolute atomic E-state index is 12.3. The average molecular weight is 655 g/mol. The van der Waals surface area contributed by atoms with Crippen molar-refractivity contribution in [3.05, 3.63) is 48.6 Å². The molecular formula is C36H63O8P. The highest BCUT2D eigenvalue weighted by Gasteiger charge is 2.22. The molecule has 0 fully saturated rings. The van der Waals surface area contributed by atoms with Crippen molar-refractivity contribution < 1.29 is 37.9 Å². The van der Waals surface area contributed by atoms with E-state index in [9.17, 15) is 14.2 Å². The molecule has 0 aromatic heterocycles.